The summed E-state index contributed by atoms with van der Waals surface area (Å²) in [7, 11) is 0. The molecule has 1 amide bonds. The molecule has 2 unspecified atom stereocenters. The molecule has 1 saturated heterocycles. The number of anilines is 2. The fourth-order valence-electron chi connectivity index (χ4n) is 3.32. The van der Waals surface area contributed by atoms with Crippen LogP contribution in [0, 0.1) is 0 Å². The number of carbonyl (C=O) groups excluding carboxylic acids is 1. The van der Waals surface area contributed by atoms with Crippen molar-refractivity contribution in [3.63, 3.8) is 0 Å². The summed E-state index contributed by atoms with van der Waals surface area (Å²) in [5.41, 5.74) is 2.65. The van der Waals surface area contributed by atoms with Gasteiger partial charge in [0.05, 0.1) is 21.6 Å². The van der Waals surface area contributed by atoms with Gasteiger partial charge in [-0.05, 0) is 76.7 Å². The third kappa shape index (κ3) is 3.80. The molecular formula is C20H17BrN4OS2. The number of nitrogens with one attached hydrogen (secondary N) is 2. The summed E-state index contributed by atoms with van der Waals surface area (Å²) in [6.07, 6.45) is 1.80. The Morgan fingerprint density at radius 3 is 2.61 bits per heavy atom. The van der Waals surface area contributed by atoms with Crippen LogP contribution < -0.4 is 15.5 Å². The molecule has 0 spiro atoms. The molecule has 1 aliphatic heterocycles. The molecule has 4 rings (SSSR count). The lowest BCUT2D eigenvalue weighted by atomic mass is 10.0. The quantitative estimate of drug-likeness (QED) is 0.520. The van der Waals surface area contributed by atoms with Crippen molar-refractivity contribution in [3.8, 4) is 0 Å². The molecule has 142 valence electrons. The summed E-state index contributed by atoms with van der Waals surface area (Å²) >= 11 is 11.0. The van der Waals surface area contributed by atoms with Gasteiger partial charge in [0.1, 0.15) is 0 Å². The van der Waals surface area contributed by atoms with E-state index in [1.807, 2.05) is 42.5 Å². The molecule has 0 saturated carbocycles. The van der Waals surface area contributed by atoms with E-state index in [-0.39, 0.29) is 18.0 Å². The number of hydrogen-bond acceptors (Lipinski definition) is 4. The van der Waals surface area contributed by atoms with Crippen molar-refractivity contribution in [2.45, 2.75) is 19.0 Å². The third-order valence-corrected chi connectivity index (χ3v) is 6.46. The first-order valence-corrected chi connectivity index (χ1v) is 10.7. The van der Waals surface area contributed by atoms with Gasteiger partial charge >= 0.3 is 0 Å². The lowest BCUT2D eigenvalue weighted by Crippen LogP contribution is -2.29. The van der Waals surface area contributed by atoms with E-state index < -0.39 is 0 Å². The van der Waals surface area contributed by atoms with Crippen molar-refractivity contribution in [3.05, 3.63) is 75.2 Å². The van der Waals surface area contributed by atoms with Gasteiger partial charge in [0.25, 0.3) is 0 Å². The van der Waals surface area contributed by atoms with Gasteiger partial charge in [-0.3, -0.25) is 9.78 Å². The highest BCUT2D eigenvalue weighted by Gasteiger charge is 2.41. The number of halogens is 1. The Balaban J connectivity index is 1.74. The smallest absolute Gasteiger partial charge is 0.221 e. The Morgan fingerprint density at radius 2 is 2.00 bits per heavy atom. The Hall–Kier alpha value is -2.29. The summed E-state index contributed by atoms with van der Waals surface area (Å²) in [6.45, 7) is 1.50. The van der Waals surface area contributed by atoms with Gasteiger partial charge < -0.3 is 15.5 Å². The molecule has 1 aromatic carbocycles. The molecule has 2 aromatic heterocycles. The highest BCUT2D eigenvalue weighted by atomic mass is 79.9. The maximum atomic E-state index is 11.3. The number of thiocarbonyl (C=S) groups is 1. The van der Waals surface area contributed by atoms with E-state index in [1.54, 1.807) is 17.5 Å². The number of thiophene rings is 1. The van der Waals surface area contributed by atoms with Crippen LogP contribution in [-0.4, -0.2) is 16.0 Å². The van der Waals surface area contributed by atoms with Crippen LogP contribution >= 0.6 is 39.5 Å². The number of benzene rings is 1. The summed E-state index contributed by atoms with van der Waals surface area (Å²) in [5.74, 6) is -0.0948. The highest BCUT2D eigenvalue weighted by Crippen LogP contribution is 2.44. The van der Waals surface area contributed by atoms with Gasteiger partial charge in [0, 0.05) is 29.4 Å². The number of amides is 1. The van der Waals surface area contributed by atoms with Gasteiger partial charge in [0.2, 0.25) is 5.91 Å². The molecule has 2 N–H and O–H groups in total. The molecule has 0 aliphatic carbocycles. The standard InChI is InChI=1S/C20H17BrN4OS2/c1-12(26)23-13-5-7-14(8-6-13)25-19(16-9-10-17(21)28-16)18(24-20(25)27)15-4-2-3-11-22-15/h2-11,18-19H,1H3,(H,23,26)(H,24,27). The van der Waals surface area contributed by atoms with Gasteiger partial charge in [-0.25, -0.2) is 0 Å². The van der Waals surface area contributed by atoms with E-state index in [4.69, 9.17) is 12.2 Å². The van der Waals surface area contributed by atoms with Crippen molar-refractivity contribution in [1.29, 1.82) is 0 Å². The number of rotatable bonds is 4. The average molecular weight is 473 g/mol. The van der Waals surface area contributed by atoms with E-state index in [1.165, 1.54) is 11.8 Å². The molecule has 28 heavy (non-hydrogen) atoms. The molecule has 1 aliphatic rings. The van der Waals surface area contributed by atoms with E-state index in [2.05, 4.69) is 48.6 Å². The van der Waals surface area contributed by atoms with Gasteiger partial charge in [-0.15, -0.1) is 11.3 Å². The maximum Gasteiger partial charge on any atom is 0.221 e. The molecule has 0 radical (unpaired) electrons. The molecule has 3 heterocycles. The Kier molecular flexibility index (Phi) is 5.43. The first kappa shape index (κ1) is 19.0. The zero-order valence-corrected chi connectivity index (χ0v) is 18.1. The van der Waals surface area contributed by atoms with Gasteiger partial charge in [-0.2, -0.15) is 0 Å². The van der Waals surface area contributed by atoms with E-state index in [0.29, 0.717) is 5.11 Å². The minimum Gasteiger partial charge on any atom is -0.351 e. The third-order valence-electron chi connectivity index (χ3n) is 4.45. The number of pyridine rings is 1. The van der Waals surface area contributed by atoms with Crippen LogP contribution in [0.25, 0.3) is 0 Å². The average Bonchev–Trinajstić information content (AvgIpc) is 3.26. The molecule has 3 aromatic rings. The minimum atomic E-state index is -0.0948. The van der Waals surface area contributed by atoms with Crippen molar-refractivity contribution in [2.75, 3.05) is 10.2 Å². The zero-order valence-electron chi connectivity index (χ0n) is 14.9. The van der Waals surface area contributed by atoms with E-state index in [9.17, 15) is 4.79 Å². The van der Waals surface area contributed by atoms with Crippen molar-refractivity contribution >= 4 is 61.9 Å². The zero-order chi connectivity index (χ0) is 19.7. The topological polar surface area (TPSA) is 57.3 Å². The second-order valence-corrected chi connectivity index (χ2v) is 9.25. The fourth-order valence-corrected chi connectivity index (χ4v) is 5.22. The van der Waals surface area contributed by atoms with Crippen LogP contribution in [0.2, 0.25) is 0 Å². The first-order valence-electron chi connectivity index (χ1n) is 8.66. The van der Waals surface area contributed by atoms with Gasteiger partial charge in [0.15, 0.2) is 5.11 Å². The second kappa shape index (κ2) is 7.98. The number of hydrogen-bond donors (Lipinski definition) is 2. The second-order valence-electron chi connectivity index (χ2n) is 6.37. The van der Waals surface area contributed by atoms with Crippen LogP contribution in [0.3, 0.4) is 0 Å². The number of aromatic nitrogens is 1. The fraction of sp³-hybridized carbons (Fsp3) is 0.150. The number of carbonyl (C=O) groups is 1. The highest BCUT2D eigenvalue weighted by molar-refractivity contribution is 9.11. The normalized spacial score (nSPS) is 18.8. The lowest BCUT2D eigenvalue weighted by Gasteiger charge is -2.27. The first-order chi connectivity index (χ1) is 13.5. The van der Waals surface area contributed by atoms with E-state index >= 15 is 0 Å². The maximum absolute atomic E-state index is 11.3. The SMILES string of the molecule is CC(=O)Nc1ccc(N2C(=S)NC(c3ccccn3)C2c2ccc(Br)s2)cc1. The lowest BCUT2D eigenvalue weighted by molar-refractivity contribution is -0.114. The largest absolute Gasteiger partial charge is 0.351 e. The van der Waals surface area contributed by atoms with E-state index in [0.717, 1.165) is 20.9 Å². The van der Waals surface area contributed by atoms with Crippen molar-refractivity contribution in [1.82, 2.24) is 10.3 Å². The monoisotopic (exact) mass is 472 g/mol. The molecular weight excluding hydrogens is 456 g/mol. The van der Waals surface area contributed by atoms with Crippen LogP contribution in [0.1, 0.15) is 29.6 Å². The van der Waals surface area contributed by atoms with Crippen LogP contribution in [0.4, 0.5) is 11.4 Å². The predicted molar refractivity (Wildman–Crippen MR) is 121 cm³/mol. The minimum absolute atomic E-state index is 0.0229. The van der Waals surface area contributed by atoms with Crippen LogP contribution in [0.15, 0.2) is 64.6 Å². The molecule has 2 atom stereocenters. The summed E-state index contributed by atoms with van der Waals surface area (Å²) in [5, 5.41) is 6.88. The Morgan fingerprint density at radius 1 is 1.21 bits per heavy atom. The molecule has 1 fully saturated rings. The number of nitrogens with zero attached hydrogens (tertiary/aromatic N) is 2. The molecule has 0 bridgehead atoms. The predicted octanol–water partition coefficient (Wildman–Crippen LogP) is 5.04. The van der Waals surface area contributed by atoms with Crippen molar-refractivity contribution in [2.24, 2.45) is 0 Å². The van der Waals surface area contributed by atoms with Gasteiger partial charge in [-0.1, -0.05) is 6.07 Å². The molecule has 5 nitrogen and oxygen atoms in total. The Bertz CT molecular complexity index is 1010. The van der Waals surface area contributed by atoms with Crippen LogP contribution in [0.5, 0.6) is 0 Å². The summed E-state index contributed by atoms with van der Waals surface area (Å²) in [6, 6.07) is 17.7. The Labute approximate surface area is 180 Å². The molecule has 8 heteroatoms. The summed E-state index contributed by atoms with van der Waals surface area (Å²) in [4.78, 5) is 19.1. The van der Waals surface area contributed by atoms with Crippen LogP contribution in [-0.2, 0) is 4.79 Å². The summed E-state index contributed by atoms with van der Waals surface area (Å²) < 4.78 is 1.07. The van der Waals surface area contributed by atoms with Crippen molar-refractivity contribution < 1.29 is 4.79 Å².